The standard InChI is InChI=1S/C24H17ClN4O2S2/c25-13-8-10-14(11-9-13)29-23(31)15-4-1-2-6-17(15)26-24(29)32-12-19-27-21(30)20-16-5-3-7-18(16)33-22(20)28-19/h1-2,4,6,8-11H,3,5,7,12H2,(H,27,28,30). The zero-order valence-electron chi connectivity index (χ0n) is 17.3. The molecule has 1 aliphatic rings. The van der Waals surface area contributed by atoms with Gasteiger partial charge in [0.05, 0.1) is 27.7 Å². The maximum Gasteiger partial charge on any atom is 0.266 e. The van der Waals surface area contributed by atoms with E-state index >= 15 is 0 Å². The number of benzene rings is 2. The molecule has 164 valence electrons. The van der Waals surface area contributed by atoms with Crippen molar-refractivity contribution in [1.82, 2.24) is 19.5 Å². The Labute approximate surface area is 201 Å². The van der Waals surface area contributed by atoms with Gasteiger partial charge in [0.2, 0.25) is 0 Å². The lowest BCUT2D eigenvalue weighted by Gasteiger charge is -2.13. The summed E-state index contributed by atoms with van der Waals surface area (Å²) in [7, 11) is 0. The molecule has 5 aromatic rings. The lowest BCUT2D eigenvalue weighted by molar-refractivity contribution is 0.818. The minimum absolute atomic E-state index is 0.0865. The molecule has 6 rings (SSSR count). The molecule has 3 aromatic heterocycles. The lowest BCUT2D eigenvalue weighted by atomic mass is 10.2. The Morgan fingerprint density at radius 1 is 1.06 bits per heavy atom. The summed E-state index contributed by atoms with van der Waals surface area (Å²) >= 11 is 9.04. The number of halogens is 1. The molecule has 3 heterocycles. The van der Waals surface area contributed by atoms with Crippen molar-refractivity contribution in [1.29, 1.82) is 0 Å². The number of aryl methyl sites for hydroxylation is 2. The summed E-state index contributed by atoms with van der Waals surface area (Å²) in [6, 6.07) is 14.4. The summed E-state index contributed by atoms with van der Waals surface area (Å²) in [5, 5.41) is 2.39. The summed E-state index contributed by atoms with van der Waals surface area (Å²) in [6.07, 6.45) is 3.07. The van der Waals surface area contributed by atoms with Gasteiger partial charge in [-0.05, 0) is 61.2 Å². The first-order valence-corrected chi connectivity index (χ1v) is 12.7. The van der Waals surface area contributed by atoms with E-state index in [-0.39, 0.29) is 11.1 Å². The van der Waals surface area contributed by atoms with Crippen LogP contribution in [0, 0.1) is 0 Å². The molecule has 1 N–H and O–H groups in total. The van der Waals surface area contributed by atoms with Crippen molar-refractivity contribution in [3.63, 3.8) is 0 Å². The number of aromatic amines is 1. The highest BCUT2D eigenvalue weighted by Crippen LogP contribution is 2.35. The number of fused-ring (bicyclic) bond motifs is 4. The normalized spacial score (nSPS) is 13.1. The average Bonchev–Trinajstić information content (AvgIpc) is 3.40. The van der Waals surface area contributed by atoms with Gasteiger partial charge in [-0.25, -0.2) is 9.97 Å². The van der Waals surface area contributed by atoms with Crippen LogP contribution in [-0.4, -0.2) is 19.5 Å². The van der Waals surface area contributed by atoms with Gasteiger partial charge >= 0.3 is 0 Å². The van der Waals surface area contributed by atoms with Gasteiger partial charge in [0.15, 0.2) is 5.16 Å². The molecular formula is C24H17ClN4O2S2. The van der Waals surface area contributed by atoms with Gasteiger partial charge in [-0.1, -0.05) is 35.5 Å². The second-order valence-electron chi connectivity index (χ2n) is 7.87. The van der Waals surface area contributed by atoms with E-state index < -0.39 is 0 Å². The number of hydrogen-bond donors (Lipinski definition) is 1. The third kappa shape index (κ3) is 3.58. The van der Waals surface area contributed by atoms with Crippen molar-refractivity contribution >= 4 is 55.8 Å². The zero-order chi connectivity index (χ0) is 22.5. The Hall–Kier alpha value is -2.94. The molecule has 2 aromatic carbocycles. The van der Waals surface area contributed by atoms with Crippen molar-refractivity contribution < 1.29 is 0 Å². The molecule has 0 fully saturated rings. The third-order valence-electron chi connectivity index (χ3n) is 5.79. The fourth-order valence-electron chi connectivity index (χ4n) is 4.28. The summed E-state index contributed by atoms with van der Waals surface area (Å²) in [4.78, 5) is 40.6. The van der Waals surface area contributed by atoms with Gasteiger partial charge in [0.1, 0.15) is 10.7 Å². The largest absolute Gasteiger partial charge is 0.309 e. The van der Waals surface area contributed by atoms with Crippen LogP contribution in [0.1, 0.15) is 22.7 Å². The van der Waals surface area contributed by atoms with Gasteiger partial charge < -0.3 is 4.98 Å². The average molecular weight is 493 g/mol. The van der Waals surface area contributed by atoms with Crippen molar-refractivity contribution in [2.24, 2.45) is 0 Å². The maximum atomic E-state index is 13.4. The fourth-order valence-corrected chi connectivity index (χ4v) is 6.56. The SMILES string of the molecule is O=c1[nH]c(CSc2nc3ccccc3c(=O)n2-c2ccc(Cl)cc2)nc2sc3c(c12)CCC3. The predicted molar refractivity (Wildman–Crippen MR) is 134 cm³/mol. The smallest absolute Gasteiger partial charge is 0.266 e. The molecule has 0 saturated heterocycles. The van der Waals surface area contributed by atoms with E-state index in [1.165, 1.54) is 16.6 Å². The van der Waals surface area contributed by atoms with Crippen LogP contribution < -0.4 is 11.1 Å². The van der Waals surface area contributed by atoms with Crippen LogP contribution >= 0.6 is 34.7 Å². The van der Waals surface area contributed by atoms with Crippen LogP contribution in [0.3, 0.4) is 0 Å². The molecule has 0 spiro atoms. The fraction of sp³-hybridized carbons (Fsp3) is 0.167. The Bertz CT molecular complexity index is 1650. The van der Waals surface area contributed by atoms with E-state index in [2.05, 4.69) is 4.98 Å². The van der Waals surface area contributed by atoms with Crippen LogP contribution in [0.15, 0.2) is 63.3 Å². The number of H-pyrrole nitrogens is 1. The lowest BCUT2D eigenvalue weighted by Crippen LogP contribution is -2.21. The highest BCUT2D eigenvalue weighted by Gasteiger charge is 2.21. The van der Waals surface area contributed by atoms with Crippen molar-refractivity contribution in [3.05, 3.63) is 90.5 Å². The summed E-state index contributed by atoms with van der Waals surface area (Å²) in [6.45, 7) is 0. The maximum absolute atomic E-state index is 13.4. The summed E-state index contributed by atoms with van der Waals surface area (Å²) in [5.41, 5.74) is 2.22. The highest BCUT2D eigenvalue weighted by molar-refractivity contribution is 7.98. The van der Waals surface area contributed by atoms with E-state index in [1.807, 2.05) is 18.2 Å². The second-order valence-corrected chi connectivity index (χ2v) is 10.3. The Morgan fingerprint density at radius 3 is 2.73 bits per heavy atom. The van der Waals surface area contributed by atoms with Crippen LogP contribution in [0.25, 0.3) is 26.8 Å². The monoisotopic (exact) mass is 492 g/mol. The van der Waals surface area contributed by atoms with Gasteiger partial charge in [-0.3, -0.25) is 14.2 Å². The van der Waals surface area contributed by atoms with Crippen molar-refractivity contribution in [3.8, 4) is 5.69 Å². The molecular weight excluding hydrogens is 476 g/mol. The number of para-hydroxylation sites is 1. The molecule has 0 bridgehead atoms. The van der Waals surface area contributed by atoms with Crippen LogP contribution in [0.5, 0.6) is 0 Å². The molecule has 0 saturated carbocycles. The van der Waals surface area contributed by atoms with Crippen LogP contribution in [0.4, 0.5) is 0 Å². The first kappa shape index (κ1) is 20.7. The molecule has 0 amide bonds. The minimum atomic E-state index is -0.156. The summed E-state index contributed by atoms with van der Waals surface area (Å²) in [5.74, 6) is 0.953. The number of aromatic nitrogens is 4. The topological polar surface area (TPSA) is 80.6 Å². The number of hydrogen-bond acceptors (Lipinski definition) is 6. The first-order valence-electron chi connectivity index (χ1n) is 10.5. The molecule has 33 heavy (non-hydrogen) atoms. The van der Waals surface area contributed by atoms with Gasteiger partial charge in [0.25, 0.3) is 11.1 Å². The molecule has 0 atom stereocenters. The van der Waals surface area contributed by atoms with E-state index in [4.69, 9.17) is 21.6 Å². The zero-order valence-corrected chi connectivity index (χ0v) is 19.7. The number of rotatable bonds is 4. The quantitative estimate of drug-likeness (QED) is 0.278. The van der Waals surface area contributed by atoms with Crippen LogP contribution in [0.2, 0.25) is 5.02 Å². The van der Waals surface area contributed by atoms with Gasteiger partial charge in [-0.15, -0.1) is 11.3 Å². The van der Waals surface area contributed by atoms with E-state index in [0.29, 0.717) is 38.3 Å². The number of nitrogens with one attached hydrogen (secondary N) is 1. The van der Waals surface area contributed by atoms with E-state index in [9.17, 15) is 9.59 Å². The molecule has 9 heteroatoms. The number of thioether (sulfide) groups is 1. The second kappa shape index (κ2) is 8.13. The molecule has 0 radical (unpaired) electrons. The first-order chi connectivity index (χ1) is 16.1. The molecule has 1 aliphatic carbocycles. The van der Waals surface area contributed by atoms with Gasteiger partial charge in [0, 0.05) is 9.90 Å². The molecule has 0 aliphatic heterocycles. The van der Waals surface area contributed by atoms with Gasteiger partial charge in [-0.2, -0.15) is 0 Å². The Morgan fingerprint density at radius 2 is 1.88 bits per heavy atom. The Kier molecular flexibility index (Phi) is 5.09. The van der Waals surface area contributed by atoms with Crippen molar-refractivity contribution in [2.75, 3.05) is 0 Å². The number of thiophene rings is 1. The van der Waals surface area contributed by atoms with Crippen molar-refractivity contribution in [2.45, 2.75) is 30.2 Å². The third-order valence-corrected chi connectivity index (χ3v) is 8.18. The van der Waals surface area contributed by atoms with E-state index in [0.717, 1.165) is 35.0 Å². The molecule has 0 unspecified atom stereocenters. The highest BCUT2D eigenvalue weighted by atomic mass is 35.5. The molecule has 6 nitrogen and oxygen atoms in total. The minimum Gasteiger partial charge on any atom is -0.309 e. The predicted octanol–water partition coefficient (Wildman–Crippen LogP) is 5.12. The number of nitrogens with zero attached hydrogens (tertiary/aromatic N) is 3. The Balaban J connectivity index is 1.43. The summed E-state index contributed by atoms with van der Waals surface area (Å²) < 4.78 is 1.58. The van der Waals surface area contributed by atoms with Crippen LogP contribution in [-0.2, 0) is 18.6 Å². The van der Waals surface area contributed by atoms with E-state index in [1.54, 1.807) is 46.2 Å².